The highest BCUT2D eigenvalue weighted by Crippen LogP contribution is 2.21. The molecule has 2 N–H and O–H groups in total. The predicted octanol–water partition coefficient (Wildman–Crippen LogP) is 3.65. The first-order chi connectivity index (χ1) is 11.8. The minimum Gasteiger partial charge on any atom is -0.494 e. The van der Waals surface area contributed by atoms with Crippen molar-refractivity contribution in [2.24, 2.45) is 0 Å². The molecule has 1 unspecified atom stereocenters. The zero-order chi connectivity index (χ0) is 16.8. The number of H-pyrrole nitrogens is 1. The van der Waals surface area contributed by atoms with Crippen LogP contribution in [0, 0.1) is 0 Å². The Hall–Kier alpha value is -2.01. The number of ether oxygens (including phenoxy) is 2. The third-order valence-electron chi connectivity index (χ3n) is 4.41. The molecule has 5 nitrogen and oxygen atoms in total. The summed E-state index contributed by atoms with van der Waals surface area (Å²) in [6.45, 7) is 4.15. The molecule has 1 fully saturated rings. The Kier molecular flexibility index (Phi) is 5.75. The number of carbonyl (C=O) groups is 1. The highest BCUT2D eigenvalue weighted by atomic mass is 16.5. The maximum absolute atomic E-state index is 12.3. The van der Waals surface area contributed by atoms with E-state index in [1.165, 1.54) is 12.8 Å². The average molecular weight is 330 g/mol. The van der Waals surface area contributed by atoms with Crippen molar-refractivity contribution in [3.05, 3.63) is 30.0 Å². The highest BCUT2D eigenvalue weighted by molar-refractivity contribution is 5.98. The van der Waals surface area contributed by atoms with E-state index in [0.29, 0.717) is 24.9 Å². The highest BCUT2D eigenvalue weighted by Gasteiger charge is 2.14. The standard InChI is InChI=1S/C19H26N2O3/c1-2-23-16-9-8-14-12-18(21-17(14)13-16)19(22)20-10-5-7-15-6-3-4-11-24-15/h8-9,12-13,15,21H,2-7,10-11H2,1H3,(H,20,22). The second-order valence-electron chi connectivity index (χ2n) is 6.25. The molecule has 130 valence electrons. The summed E-state index contributed by atoms with van der Waals surface area (Å²) in [4.78, 5) is 15.4. The zero-order valence-electron chi connectivity index (χ0n) is 14.3. The molecule has 1 saturated heterocycles. The van der Waals surface area contributed by atoms with E-state index in [-0.39, 0.29) is 5.91 Å². The van der Waals surface area contributed by atoms with Crippen LogP contribution in [0.1, 0.15) is 49.5 Å². The van der Waals surface area contributed by atoms with Gasteiger partial charge in [-0.1, -0.05) is 0 Å². The summed E-state index contributed by atoms with van der Waals surface area (Å²) in [5, 5.41) is 4.00. The lowest BCUT2D eigenvalue weighted by atomic mass is 10.0. The van der Waals surface area contributed by atoms with Crippen molar-refractivity contribution < 1.29 is 14.3 Å². The summed E-state index contributed by atoms with van der Waals surface area (Å²) >= 11 is 0. The minimum absolute atomic E-state index is 0.0614. The van der Waals surface area contributed by atoms with Gasteiger partial charge in [-0.25, -0.2) is 0 Å². The van der Waals surface area contributed by atoms with Crippen molar-refractivity contribution in [2.75, 3.05) is 19.8 Å². The van der Waals surface area contributed by atoms with E-state index >= 15 is 0 Å². The van der Waals surface area contributed by atoms with Crippen molar-refractivity contribution in [2.45, 2.75) is 45.1 Å². The van der Waals surface area contributed by atoms with Gasteiger partial charge in [-0.2, -0.15) is 0 Å². The third kappa shape index (κ3) is 4.29. The van der Waals surface area contributed by atoms with Crippen molar-refractivity contribution >= 4 is 16.8 Å². The van der Waals surface area contributed by atoms with E-state index < -0.39 is 0 Å². The fourth-order valence-electron chi connectivity index (χ4n) is 3.15. The molecule has 1 aliphatic rings. The first-order valence-corrected chi connectivity index (χ1v) is 8.91. The van der Waals surface area contributed by atoms with Gasteiger partial charge in [0.05, 0.1) is 12.7 Å². The Morgan fingerprint density at radius 1 is 1.38 bits per heavy atom. The fraction of sp³-hybridized carbons (Fsp3) is 0.526. The molecule has 1 amide bonds. The van der Waals surface area contributed by atoms with Crippen LogP contribution >= 0.6 is 0 Å². The Balaban J connectivity index is 1.50. The SMILES string of the molecule is CCOc1ccc2cc(C(=O)NCCCC3CCCCO3)[nH]c2c1. The van der Waals surface area contributed by atoms with Crippen LogP contribution in [0.15, 0.2) is 24.3 Å². The van der Waals surface area contributed by atoms with Crippen LogP contribution in [0.2, 0.25) is 0 Å². The fourth-order valence-corrected chi connectivity index (χ4v) is 3.15. The molecule has 0 saturated carbocycles. The summed E-state index contributed by atoms with van der Waals surface area (Å²) in [5.41, 5.74) is 1.51. The van der Waals surface area contributed by atoms with E-state index in [1.54, 1.807) is 0 Å². The lowest BCUT2D eigenvalue weighted by Gasteiger charge is -2.22. The Labute approximate surface area is 142 Å². The van der Waals surface area contributed by atoms with Gasteiger partial charge in [-0.15, -0.1) is 0 Å². The molecule has 1 aromatic carbocycles. The van der Waals surface area contributed by atoms with Gasteiger partial charge in [-0.3, -0.25) is 4.79 Å². The number of benzene rings is 1. The van der Waals surface area contributed by atoms with Crippen LogP contribution in [0.4, 0.5) is 0 Å². The van der Waals surface area contributed by atoms with Gasteiger partial charge in [0.25, 0.3) is 5.91 Å². The van der Waals surface area contributed by atoms with E-state index in [4.69, 9.17) is 9.47 Å². The monoisotopic (exact) mass is 330 g/mol. The summed E-state index contributed by atoms with van der Waals surface area (Å²) in [5.74, 6) is 0.750. The molecule has 0 bridgehead atoms. The van der Waals surface area contributed by atoms with E-state index in [9.17, 15) is 4.79 Å². The van der Waals surface area contributed by atoms with Gasteiger partial charge in [-0.05, 0) is 57.2 Å². The van der Waals surface area contributed by atoms with E-state index in [1.807, 2.05) is 31.2 Å². The van der Waals surface area contributed by atoms with Gasteiger partial charge in [0.15, 0.2) is 0 Å². The Morgan fingerprint density at radius 3 is 3.08 bits per heavy atom. The van der Waals surface area contributed by atoms with Crippen molar-refractivity contribution in [3.63, 3.8) is 0 Å². The molecule has 1 aliphatic heterocycles. The Morgan fingerprint density at radius 2 is 2.29 bits per heavy atom. The van der Waals surface area contributed by atoms with E-state index in [0.717, 1.165) is 42.5 Å². The maximum Gasteiger partial charge on any atom is 0.267 e. The molecule has 0 aliphatic carbocycles. The van der Waals surface area contributed by atoms with Crippen molar-refractivity contribution in [3.8, 4) is 5.75 Å². The summed E-state index contributed by atoms with van der Waals surface area (Å²) in [6.07, 6.45) is 5.93. The van der Waals surface area contributed by atoms with Crippen LogP contribution in [-0.4, -0.2) is 36.8 Å². The van der Waals surface area contributed by atoms with Gasteiger partial charge in [0.2, 0.25) is 0 Å². The molecule has 1 aromatic heterocycles. The largest absolute Gasteiger partial charge is 0.494 e. The molecule has 0 spiro atoms. The van der Waals surface area contributed by atoms with Crippen molar-refractivity contribution in [1.29, 1.82) is 0 Å². The molecule has 24 heavy (non-hydrogen) atoms. The van der Waals surface area contributed by atoms with Gasteiger partial charge >= 0.3 is 0 Å². The number of amides is 1. The first kappa shape index (κ1) is 16.8. The average Bonchev–Trinajstić information content (AvgIpc) is 3.03. The topological polar surface area (TPSA) is 63.4 Å². The van der Waals surface area contributed by atoms with Gasteiger partial charge < -0.3 is 19.8 Å². The summed E-state index contributed by atoms with van der Waals surface area (Å²) < 4.78 is 11.2. The lowest BCUT2D eigenvalue weighted by Crippen LogP contribution is -2.26. The minimum atomic E-state index is -0.0614. The number of hydrogen-bond donors (Lipinski definition) is 2. The predicted molar refractivity (Wildman–Crippen MR) is 94.6 cm³/mol. The normalized spacial score (nSPS) is 17.8. The number of carbonyl (C=O) groups excluding carboxylic acids is 1. The zero-order valence-corrected chi connectivity index (χ0v) is 14.3. The molecule has 2 heterocycles. The third-order valence-corrected chi connectivity index (χ3v) is 4.41. The van der Waals surface area contributed by atoms with Crippen LogP contribution in [0.3, 0.4) is 0 Å². The lowest BCUT2D eigenvalue weighted by molar-refractivity contribution is 0.0102. The number of rotatable bonds is 7. The second kappa shape index (κ2) is 8.20. The molecular formula is C19H26N2O3. The number of aromatic nitrogens is 1. The molecule has 3 rings (SSSR count). The Bertz CT molecular complexity index is 674. The summed E-state index contributed by atoms with van der Waals surface area (Å²) in [6, 6.07) is 7.69. The second-order valence-corrected chi connectivity index (χ2v) is 6.25. The smallest absolute Gasteiger partial charge is 0.267 e. The first-order valence-electron chi connectivity index (χ1n) is 8.91. The maximum atomic E-state index is 12.3. The number of fused-ring (bicyclic) bond motifs is 1. The number of aromatic amines is 1. The molecule has 2 aromatic rings. The van der Waals surface area contributed by atoms with Gasteiger partial charge in [0.1, 0.15) is 11.4 Å². The van der Waals surface area contributed by atoms with Crippen LogP contribution in [0.25, 0.3) is 10.9 Å². The van der Waals surface area contributed by atoms with Crippen LogP contribution in [-0.2, 0) is 4.74 Å². The van der Waals surface area contributed by atoms with Crippen LogP contribution in [0.5, 0.6) is 5.75 Å². The number of hydrogen-bond acceptors (Lipinski definition) is 3. The molecule has 0 radical (unpaired) electrons. The van der Waals surface area contributed by atoms with E-state index in [2.05, 4.69) is 10.3 Å². The molecule has 1 atom stereocenters. The quantitative estimate of drug-likeness (QED) is 0.762. The van der Waals surface area contributed by atoms with Gasteiger partial charge in [0, 0.05) is 30.1 Å². The summed E-state index contributed by atoms with van der Waals surface area (Å²) in [7, 11) is 0. The molecule has 5 heteroatoms. The van der Waals surface area contributed by atoms with Crippen LogP contribution < -0.4 is 10.1 Å². The van der Waals surface area contributed by atoms with Crippen molar-refractivity contribution in [1.82, 2.24) is 10.3 Å². The number of nitrogens with one attached hydrogen (secondary N) is 2. The molecular weight excluding hydrogens is 304 g/mol.